The van der Waals surface area contributed by atoms with Gasteiger partial charge in [0.1, 0.15) is 18.7 Å². The lowest BCUT2D eigenvalue weighted by Gasteiger charge is -2.42. The van der Waals surface area contributed by atoms with Gasteiger partial charge in [0.25, 0.3) is 5.91 Å². The van der Waals surface area contributed by atoms with E-state index in [-0.39, 0.29) is 6.61 Å². The van der Waals surface area contributed by atoms with Gasteiger partial charge in [-0.2, -0.15) is 0 Å². The summed E-state index contributed by atoms with van der Waals surface area (Å²) in [4.78, 5) is 49.5. The van der Waals surface area contributed by atoms with E-state index < -0.39 is 61.0 Å². The molecule has 0 aliphatic carbocycles. The lowest BCUT2D eigenvalue weighted by atomic mass is 9.95. The van der Waals surface area contributed by atoms with E-state index in [0.717, 1.165) is 13.8 Å². The maximum Gasteiger partial charge on any atom is 0.325 e. The summed E-state index contributed by atoms with van der Waals surface area (Å²) in [6.45, 7) is 3.45. The average molecular weight is 402 g/mol. The van der Waals surface area contributed by atoms with Crippen LogP contribution in [0.1, 0.15) is 20.8 Å². The van der Waals surface area contributed by atoms with Crippen molar-refractivity contribution in [3.63, 3.8) is 0 Å². The van der Waals surface area contributed by atoms with Gasteiger partial charge in [-0.25, -0.2) is 0 Å². The molecule has 1 N–H and O–H groups in total. The summed E-state index contributed by atoms with van der Waals surface area (Å²) in [6, 6.07) is -1.32. The van der Waals surface area contributed by atoms with Gasteiger partial charge in [0.2, 0.25) is 0 Å². The molecule has 0 aromatic rings. The molecule has 28 heavy (non-hydrogen) atoms. The molecule has 13 heteroatoms. The molecular formula is C15H22N4O9. The SMILES string of the molecule is CCOC(=O)CNC(=O)[C@H]1O[C@H](OC)[C@H](OC(C)=O)[C@H](N=[N+]=[N-])[C@@H]1OC(C)=O. The van der Waals surface area contributed by atoms with Crippen molar-refractivity contribution in [2.24, 2.45) is 5.11 Å². The highest BCUT2D eigenvalue weighted by molar-refractivity contribution is 5.86. The monoisotopic (exact) mass is 402 g/mol. The highest BCUT2D eigenvalue weighted by atomic mass is 16.7. The molecule has 1 heterocycles. The number of azide groups is 1. The molecular weight excluding hydrogens is 380 g/mol. The normalized spacial score (nSPS) is 26.4. The first-order chi connectivity index (χ1) is 13.2. The molecule has 1 aliphatic rings. The molecule has 1 rings (SSSR count). The predicted molar refractivity (Wildman–Crippen MR) is 89.4 cm³/mol. The summed E-state index contributed by atoms with van der Waals surface area (Å²) >= 11 is 0. The second-order valence-corrected chi connectivity index (χ2v) is 5.53. The zero-order chi connectivity index (χ0) is 21.3. The van der Waals surface area contributed by atoms with Crippen LogP contribution in [0, 0.1) is 0 Å². The van der Waals surface area contributed by atoms with Gasteiger partial charge >= 0.3 is 17.9 Å². The fourth-order valence-corrected chi connectivity index (χ4v) is 2.53. The van der Waals surface area contributed by atoms with Crippen LogP contribution in [0.3, 0.4) is 0 Å². The second kappa shape index (κ2) is 11.1. The molecule has 0 bridgehead atoms. The summed E-state index contributed by atoms with van der Waals surface area (Å²) in [5, 5.41) is 5.78. The highest BCUT2D eigenvalue weighted by Crippen LogP contribution is 2.29. The maximum absolute atomic E-state index is 12.5. The van der Waals surface area contributed by atoms with Crippen molar-refractivity contribution in [1.29, 1.82) is 0 Å². The third-order valence-corrected chi connectivity index (χ3v) is 3.51. The fourth-order valence-electron chi connectivity index (χ4n) is 2.53. The van der Waals surface area contributed by atoms with Crippen molar-refractivity contribution in [3.8, 4) is 0 Å². The van der Waals surface area contributed by atoms with Crippen LogP contribution in [0.4, 0.5) is 0 Å². The van der Waals surface area contributed by atoms with Gasteiger partial charge in [-0.3, -0.25) is 19.2 Å². The largest absolute Gasteiger partial charge is 0.465 e. The molecule has 0 radical (unpaired) electrons. The molecule has 0 unspecified atom stereocenters. The van der Waals surface area contributed by atoms with Crippen LogP contribution >= 0.6 is 0 Å². The number of hydrogen-bond acceptors (Lipinski definition) is 10. The maximum atomic E-state index is 12.5. The summed E-state index contributed by atoms with van der Waals surface area (Å²) in [6.07, 6.45) is -5.53. The molecule has 0 aromatic carbocycles. The number of ether oxygens (including phenoxy) is 5. The molecule has 1 amide bonds. The van der Waals surface area contributed by atoms with E-state index in [2.05, 4.69) is 15.3 Å². The summed E-state index contributed by atoms with van der Waals surface area (Å²) in [5.41, 5.74) is 8.88. The zero-order valence-corrected chi connectivity index (χ0v) is 15.8. The average Bonchev–Trinajstić information content (AvgIpc) is 2.62. The van der Waals surface area contributed by atoms with Crippen LogP contribution < -0.4 is 5.32 Å². The number of amides is 1. The van der Waals surface area contributed by atoms with E-state index in [1.165, 1.54) is 7.11 Å². The summed E-state index contributed by atoms with van der Waals surface area (Å²) in [5.74, 6) is -3.07. The summed E-state index contributed by atoms with van der Waals surface area (Å²) < 4.78 is 25.4. The molecule has 0 aromatic heterocycles. The Morgan fingerprint density at radius 1 is 1.14 bits per heavy atom. The Morgan fingerprint density at radius 3 is 2.25 bits per heavy atom. The molecule has 13 nitrogen and oxygen atoms in total. The van der Waals surface area contributed by atoms with Crippen LogP contribution in [0.5, 0.6) is 0 Å². The number of carbonyl (C=O) groups is 4. The number of nitrogens with zero attached hydrogens (tertiary/aromatic N) is 3. The second-order valence-electron chi connectivity index (χ2n) is 5.53. The zero-order valence-electron chi connectivity index (χ0n) is 15.8. The van der Waals surface area contributed by atoms with E-state index in [0.29, 0.717) is 0 Å². The fraction of sp³-hybridized carbons (Fsp3) is 0.733. The topological polar surface area (TPSA) is 175 Å². The van der Waals surface area contributed by atoms with Gasteiger partial charge in [0, 0.05) is 25.9 Å². The predicted octanol–water partition coefficient (Wildman–Crippen LogP) is -0.421. The van der Waals surface area contributed by atoms with E-state index in [9.17, 15) is 19.2 Å². The van der Waals surface area contributed by atoms with Gasteiger partial charge in [0.15, 0.2) is 18.5 Å². The number of hydrogen-bond donors (Lipinski definition) is 1. The van der Waals surface area contributed by atoms with Gasteiger partial charge in [-0.1, -0.05) is 5.11 Å². The van der Waals surface area contributed by atoms with Gasteiger partial charge in [-0.05, 0) is 12.5 Å². The molecule has 0 spiro atoms. The van der Waals surface area contributed by atoms with E-state index in [4.69, 9.17) is 29.2 Å². The Labute approximate surface area is 160 Å². The van der Waals surface area contributed by atoms with Crippen LogP contribution in [0.15, 0.2) is 5.11 Å². The Bertz CT molecular complexity index is 649. The van der Waals surface area contributed by atoms with E-state index in [1.54, 1.807) is 6.92 Å². The minimum absolute atomic E-state index is 0.124. The Hall–Kier alpha value is -2.89. The molecule has 1 fully saturated rings. The van der Waals surface area contributed by atoms with Crippen LogP contribution in [0.25, 0.3) is 10.4 Å². The number of rotatable bonds is 8. The van der Waals surface area contributed by atoms with Crippen molar-refractivity contribution in [2.45, 2.75) is 51.4 Å². The Kier molecular flexibility index (Phi) is 9.15. The Balaban J connectivity index is 3.16. The van der Waals surface area contributed by atoms with Crippen molar-refractivity contribution in [1.82, 2.24) is 5.32 Å². The first-order valence-corrected chi connectivity index (χ1v) is 8.25. The van der Waals surface area contributed by atoms with Crippen molar-refractivity contribution in [2.75, 3.05) is 20.3 Å². The quantitative estimate of drug-likeness (QED) is 0.186. The first kappa shape index (κ1) is 23.1. The lowest BCUT2D eigenvalue weighted by molar-refractivity contribution is -0.265. The summed E-state index contributed by atoms with van der Waals surface area (Å²) in [7, 11) is 1.22. The van der Waals surface area contributed by atoms with Gasteiger partial charge < -0.3 is 29.0 Å². The molecule has 1 saturated heterocycles. The first-order valence-electron chi connectivity index (χ1n) is 8.25. The molecule has 156 valence electrons. The van der Waals surface area contributed by atoms with Gasteiger partial charge in [-0.15, -0.1) is 0 Å². The van der Waals surface area contributed by atoms with Crippen LogP contribution in [-0.2, 0) is 42.9 Å². The van der Waals surface area contributed by atoms with Crippen molar-refractivity contribution < 1.29 is 42.9 Å². The third-order valence-electron chi connectivity index (χ3n) is 3.51. The number of carbonyl (C=O) groups excluding carboxylic acids is 4. The minimum Gasteiger partial charge on any atom is -0.465 e. The smallest absolute Gasteiger partial charge is 0.325 e. The van der Waals surface area contributed by atoms with Gasteiger partial charge in [0.05, 0.1) is 6.61 Å². The number of nitrogens with one attached hydrogen (secondary N) is 1. The third kappa shape index (κ3) is 6.37. The lowest BCUT2D eigenvalue weighted by Crippen LogP contribution is -2.63. The standard InChI is InChI=1S/C15H22N4O9/c1-5-25-9(22)6-17-14(23)13-11(26-7(2)20)10(18-19-16)12(27-8(3)21)15(24-4)28-13/h10-13,15H,5-6H2,1-4H3,(H,17,23)/t10-,11+,12-,13+,15+/m1/s1. The molecule has 1 aliphatic heterocycles. The van der Waals surface area contributed by atoms with E-state index in [1.807, 2.05) is 0 Å². The van der Waals surface area contributed by atoms with Crippen molar-refractivity contribution in [3.05, 3.63) is 10.4 Å². The highest BCUT2D eigenvalue weighted by Gasteiger charge is 2.52. The van der Waals surface area contributed by atoms with Crippen molar-refractivity contribution >= 4 is 23.8 Å². The molecule has 5 atom stereocenters. The van der Waals surface area contributed by atoms with Crippen LogP contribution in [0.2, 0.25) is 0 Å². The Morgan fingerprint density at radius 2 is 1.75 bits per heavy atom. The number of esters is 3. The van der Waals surface area contributed by atoms with E-state index >= 15 is 0 Å². The minimum atomic E-state index is -1.51. The van der Waals surface area contributed by atoms with Crippen LogP contribution in [-0.4, -0.2) is 74.7 Å². The number of methoxy groups -OCH3 is 1. The molecule has 0 saturated carbocycles.